The number of pyridine rings is 1. The summed E-state index contributed by atoms with van der Waals surface area (Å²) >= 11 is 5.78. The van der Waals surface area contributed by atoms with Crippen molar-refractivity contribution in [2.75, 3.05) is 5.32 Å². The van der Waals surface area contributed by atoms with Crippen LogP contribution in [0.5, 0.6) is 0 Å². The zero-order valence-electron chi connectivity index (χ0n) is 12.0. The molecule has 0 aliphatic rings. The van der Waals surface area contributed by atoms with Gasteiger partial charge in [-0.1, -0.05) is 11.6 Å². The minimum Gasteiger partial charge on any atom is -0.478 e. The summed E-state index contributed by atoms with van der Waals surface area (Å²) in [6.45, 7) is 2.54. The van der Waals surface area contributed by atoms with Crippen molar-refractivity contribution in [1.82, 2.24) is 0 Å². The third-order valence-corrected chi connectivity index (χ3v) is 3.46. The number of carbonyl (C=O) groups excluding carboxylic acids is 1. The summed E-state index contributed by atoms with van der Waals surface area (Å²) in [5.41, 5.74) is 1.54. The van der Waals surface area contributed by atoms with Gasteiger partial charge in [0.1, 0.15) is 0 Å². The average molecular weight is 320 g/mol. The molecule has 22 heavy (non-hydrogen) atoms. The molecule has 1 aromatic carbocycles. The number of hydrogen-bond donors (Lipinski definition) is 2. The highest BCUT2D eigenvalue weighted by atomic mass is 35.5. The Balaban J connectivity index is 1.96. The lowest BCUT2D eigenvalue weighted by Crippen LogP contribution is -2.34. The maximum absolute atomic E-state index is 11.9. The minimum atomic E-state index is -1.13. The molecule has 0 atom stereocenters. The Morgan fingerprint density at radius 2 is 1.91 bits per heavy atom. The Labute approximate surface area is 133 Å². The van der Waals surface area contributed by atoms with E-state index >= 15 is 0 Å². The Hall–Kier alpha value is -2.40. The number of aryl methyl sites for hydroxylation is 2. The molecule has 5 nitrogen and oxygen atoms in total. The number of aromatic carboxylic acids is 1. The van der Waals surface area contributed by atoms with Gasteiger partial charge in [-0.25, -0.2) is 9.36 Å². The van der Waals surface area contributed by atoms with Crippen molar-refractivity contribution in [1.29, 1.82) is 0 Å². The van der Waals surface area contributed by atoms with E-state index in [2.05, 4.69) is 5.32 Å². The standard InChI is InChI=1S/C16H15ClN2O3/c1-11-4-7-19(8-5-11)9-6-15(20)18-12-2-3-14(17)13(10-12)16(21)22/h2-5,7-8,10H,6,9H2,1H3,(H-,18,20,21,22)/p+1. The molecule has 0 fully saturated rings. The number of anilines is 1. The first kappa shape index (κ1) is 16.0. The van der Waals surface area contributed by atoms with E-state index < -0.39 is 5.97 Å². The number of nitrogens with zero attached hydrogens (tertiary/aromatic N) is 1. The molecule has 0 saturated heterocycles. The molecule has 0 radical (unpaired) electrons. The molecule has 0 unspecified atom stereocenters. The zero-order valence-corrected chi connectivity index (χ0v) is 12.8. The Morgan fingerprint density at radius 1 is 1.23 bits per heavy atom. The summed E-state index contributed by atoms with van der Waals surface area (Å²) in [5.74, 6) is -1.32. The van der Waals surface area contributed by atoms with Crippen LogP contribution in [0.1, 0.15) is 22.3 Å². The number of benzene rings is 1. The Morgan fingerprint density at radius 3 is 2.55 bits per heavy atom. The lowest BCUT2D eigenvalue weighted by molar-refractivity contribution is -0.695. The van der Waals surface area contributed by atoms with Crippen molar-refractivity contribution in [3.8, 4) is 0 Å². The fourth-order valence-corrected chi connectivity index (χ4v) is 2.10. The van der Waals surface area contributed by atoms with Gasteiger partial charge in [-0.15, -0.1) is 0 Å². The van der Waals surface area contributed by atoms with Crippen LogP contribution in [0, 0.1) is 6.92 Å². The number of halogens is 1. The summed E-state index contributed by atoms with van der Waals surface area (Å²) in [6, 6.07) is 8.31. The van der Waals surface area contributed by atoms with Gasteiger partial charge in [-0.05, 0) is 30.7 Å². The molecule has 0 bridgehead atoms. The normalized spacial score (nSPS) is 10.3. The Bertz CT molecular complexity index is 699. The number of aromatic nitrogens is 1. The van der Waals surface area contributed by atoms with E-state index in [1.165, 1.54) is 12.1 Å². The first-order chi connectivity index (χ1) is 10.5. The number of rotatable bonds is 5. The molecule has 1 aromatic heterocycles. The number of carbonyl (C=O) groups is 2. The van der Waals surface area contributed by atoms with Crippen molar-refractivity contribution in [2.24, 2.45) is 0 Å². The molecule has 6 heteroatoms. The largest absolute Gasteiger partial charge is 0.478 e. The van der Waals surface area contributed by atoms with Crippen LogP contribution in [-0.4, -0.2) is 17.0 Å². The predicted octanol–water partition coefficient (Wildman–Crippen LogP) is 2.66. The molecule has 0 aliphatic heterocycles. The van der Waals surface area contributed by atoms with E-state index in [4.69, 9.17) is 16.7 Å². The Kier molecular flexibility index (Phi) is 5.12. The van der Waals surface area contributed by atoms with Crippen LogP contribution >= 0.6 is 11.6 Å². The van der Waals surface area contributed by atoms with Crippen molar-refractivity contribution in [3.05, 3.63) is 58.9 Å². The topological polar surface area (TPSA) is 70.3 Å². The van der Waals surface area contributed by atoms with E-state index in [9.17, 15) is 9.59 Å². The first-order valence-electron chi connectivity index (χ1n) is 6.74. The van der Waals surface area contributed by atoms with Gasteiger partial charge in [0, 0.05) is 17.8 Å². The maximum atomic E-state index is 11.9. The van der Waals surface area contributed by atoms with Gasteiger partial charge < -0.3 is 10.4 Å². The smallest absolute Gasteiger partial charge is 0.337 e. The van der Waals surface area contributed by atoms with Crippen LogP contribution < -0.4 is 9.88 Å². The number of carboxylic acid groups (broad SMARTS) is 1. The van der Waals surface area contributed by atoms with Gasteiger partial charge in [0.05, 0.1) is 17.0 Å². The van der Waals surface area contributed by atoms with Gasteiger partial charge in [0.15, 0.2) is 18.9 Å². The highest BCUT2D eigenvalue weighted by Gasteiger charge is 2.12. The quantitative estimate of drug-likeness (QED) is 0.832. The summed E-state index contributed by atoms with van der Waals surface area (Å²) in [6.07, 6.45) is 4.11. The SMILES string of the molecule is Cc1cc[n+](CCC(=O)Nc2ccc(Cl)c(C(=O)O)c2)cc1. The second-order valence-electron chi connectivity index (χ2n) is 4.91. The van der Waals surface area contributed by atoms with Crippen molar-refractivity contribution in [2.45, 2.75) is 19.9 Å². The molecule has 0 spiro atoms. The monoisotopic (exact) mass is 319 g/mol. The summed E-state index contributed by atoms with van der Waals surface area (Å²) in [4.78, 5) is 22.9. The highest BCUT2D eigenvalue weighted by Crippen LogP contribution is 2.20. The molecule has 2 rings (SSSR count). The molecule has 114 valence electrons. The van der Waals surface area contributed by atoms with Crippen LogP contribution in [-0.2, 0) is 11.3 Å². The predicted molar refractivity (Wildman–Crippen MR) is 83.0 cm³/mol. The molecular formula is C16H16ClN2O3+. The van der Waals surface area contributed by atoms with E-state index in [0.29, 0.717) is 18.7 Å². The van der Waals surface area contributed by atoms with E-state index in [-0.39, 0.29) is 16.5 Å². The molecule has 1 heterocycles. The number of amides is 1. The van der Waals surface area contributed by atoms with E-state index in [1.54, 1.807) is 6.07 Å². The first-order valence-corrected chi connectivity index (χ1v) is 7.12. The van der Waals surface area contributed by atoms with E-state index in [1.807, 2.05) is 36.0 Å². The maximum Gasteiger partial charge on any atom is 0.337 e. The third kappa shape index (κ3) is 4.30. The van der Waals surface area contributed by atoms with Crippen LogP contribution in [0.4, 0.5) is 5.69 Å². The number of hydrogen-bond acceptors (Lipinski definition) is 2. The molecule has 2 N–H and O–H groups in total. The second-order valence-corrected chi connectivity index (χ2v) is 5.32. The molecule has 0 aliphatic carbocycles. The van der Waals surface area contributed by atoms with Crippen LogP contribution in [0.2, 0.25) is 5.02 Å². The fourth-order valence-electron chi connectivity index (χ4n) is 1.90. The van der Waals surface area contributed by atoms with Gasteiger partial charge >= 0.3 is 5.97 Å². The molecule has 0 saturated carbocycles. The molecular weight excluding hydrogens is 304 g/mol. The summed E-state index contributed by atoms with van der Waals surface area (Å²) < 4.78 is 1.91. The van der Waals surface area contributed by atoms with Gasteiger partial charge in [-0.2, -0.15) is 0 Å². The third-order valence-electron chi connectivity index (χ3n) is 3.14. The average Bonchev–Trinajstić information content (AvgIpc) is 2.48. The summed E-state index contributed by atoms with van der Waals surface area (Å²) in [7, 11) is 0. The van der Waals surface area contributed by atoms with Gasteiger partial charge in [0.2, 0.25) is 5.91 Å². The molecule has 2 aromatic rings. The van der Waals surface area contributed by atoms with Gasteiger partial charge in [-0.3, -0.25) is 4.79 Å². The van der Waals surface area contributed by atoms with Crippen LogP contribution in [0.3, 0.4) is 0 Å². The second kappa shape index (κ2) is 7.04. The minimum absolute atomic E-state index is 0.0348. The number of carboxylic acids is 1. The lowest BCUT2D eigenvalue weighted by Gasteiger charge is -2.06. The van der Waals surface area contributed by atoms with Crippen LogP contribution in [0.15, 0.2) is 42.7 Å². The van der Waals surface area contributed by atoms with E-state index in [0.717, 1.165) is 5.56 Å². The zero-order chi connectivity index (χ0) is 16.1. The van der Waals surface area contributed by atoms with Crippen LogP contribution in [0.25, 0.3) is 0 Å². The highest BCUT2D eigenvalue weighted by molar-refractivity contribution is 6.33. The van der Waals surface area contributed by atoms with Crippen molar-refractivity contribution < 1.29 is 19.3 Å². The van der Waals surface area contributed by atoms with Crippen molar-refractivity contribution in [3.63, 3.8) is 0 Å². The lowest BCUT2D eigenvalue weighted by atomic mass is 10.2. The van der Waals surface area contributed by atoms with Crippen molar-refractivity contribution >= 4 is 29.2 Å². The van der Waals surface area contributed by atoms with Gasteiger partial charge in [0.25, 0.3) is 0 Å². The summed E-state index contributed by atoms with van der Waals surface area (Å²) in [5, 5.41) is 11.8. The fraction of sp³-hybridized carbons (Fsp3) is 0.188. The number of nitrogens with one attached hydrogen (secondary N) is 1. The molecule has 1 amide bonds.